The maximum atomic E-state index is 12.5. The average Bonchev–Trinajstić information content (AvgIpc) is 2.90. The molecule has 2 aromatic carbocycles. The normalized spacial score (nSPS) is 10.4. The first-order valence-electron chi connectivity index (χ1n) is 6.44. The van der Waals surface area contributed by atoms with E-state index < -0.39 is 0 Å². The zero-order valence-electron chi connectivity index (χ0n) is 11.2. The summed E-state index contributed by atoms with van der Waals surface area (Å²) in [6.07, 6.45) is 1.64. The molecule has 3 nitrogen and oxygen atoms in total. The molecule has 0 spiro atoms. The van der Waals surface area contributed by atoms with Crippen LogP contribution < -0.4 is 0 Å². The molecule has 0 atom stereocenters. The first-order chi connectivity index (χ1) is 9.77. The summed E-state index contributed by atoms with van der Waals surface area (Å²) in [5.41, 5.74) is 2.27. The molecule has 3 heteroatoms. The highest BCUT2D eigenvalue weighted by Gasteiger charge is 2.16. The highest BCUT2D eigenvalue weighted by atomic mass is 16.1. The van der Waals surface area contributed by atoms with Gasteiger partial charge in [-0.15, -0.1) is 0 Å². The van der Waals surface area contributed by atoms with Gasteiger partial charge in [-0.3, -0.25) is 4.79 Å². The van der Waals surface area contributed by atoms with Gasteiger partial charge < -0.3 is 4.57 Å². The third kappa shape index (κ3) is 2.14. The number of nitrogens with zero attached hydrogens (tertiary/aromatic N) is 2. The number of aromatic nitrogens is 2. The van der Waals surface area contributed by atoms with E-state index >= 15 is 0 Å². The monoisotopic (exact) mass is 262 g/mol. The molecule has 0 fully saturated rings. The van der Waals surface area contributed by atoms with Crippen molar-refractivity contribution in [2.24, 2.45) is 7.05 Å². The molecular weight excluding hydrogens is 248 g/mol. The molecule has 0 N–H and O–H groups in total. The molecule has 20 heavy (non-hydrogen) atoms. The van der Waals surface area contributed by atoms with Gasteiger partial charge in [0.25, 0.3) is 0 Å². The Morgan fingerprint density at radius 3 is 2.20 bits per heavy atom. The van der Waals surface area contributed by atoms with E-state index in [0.717, 1.165) is 11.4 Å². The van der Waals surface area contributed by atoms with Crippen molar-refractivity contribution in [1.82, 2.24) is 9.55 Å². The standard InChI is InChI=1S/C17H14N2O/c1-19-15(16(20)13-8-4-2-5-9-13)12-18-17(19)14-10-6-3-7-11-14/h2-12H,1H3. The van der Waals surface area contributed by atoms with Gasteiger partial charge in [0.05, 0.1) is 6.20 Å². The van der Waals surface area contributed by atoms with Gasteiger partial charge in [-0.1, -0.05) is 60.7 Å². The Bertz CT molecular complexity index is 730. The summed E-state index contributed by atoms with van der Waals surface area (Å²) in [6, 6.07) is 19.1. The van der Waals surface area contributed by atoms with Gasteiger partial charge in [-0.25, -0.2) is 4.98 Å². The maximum absolute atomic E-state index is 12.5. The fourth-order valence-corrected chi connectivity index (χ4v) is 2.21. The fourth-order valence-electron chi connectivity index (χ4n) is 2.21. The van der Waals surface area contributed by atoms with Gasteiger partial charge in [0, 0.05) is 18.2 Å². The number of benzene rings is 2. The minimum absolute atomic E-state index is 0.0113. The van der Waals surface area contributed by atoms with Crippen molar-refractivity contribution in [2.45, 2.75) is 0 Å². The predicted octanol–water partition coefficient (Wildman–Crippen LogP) is 3.32. The number of rotatable bonds is 3. The lowest BCUT2D eigenvalue weighted by atomic mass is 10.1. The molecule has 1 aromatic heterocycles. The van der Waals surface area contributed by atoms with Crippen LogP contribution in [0.1, 0.15) is 16.1 Å². The number of hydrogen-bond donors (Lipinski definition) is 0. The lowest BCUT2D eigenvalue weighted by Gasteiger charge is -2.05. The van der Waals surface area contributed by atoms with Gasteiger partial charge in [0.1, 0.15) is 11.5 Å². The Morgan fingerprint density at radius 1 is 0.950 bits per heavy atom. The molecule has 0 saturated heterocycles. The molecule has 0 aliphatic carbocycles. The van der Waals surface area contributed by atoms with Crippen molar-refractivity contribution in [1.29, 1.82) is 0 Å². The summed E-state index contributed by atoms with van der Waals surface area (Å²) >= 11 is 0. The average molecular weight is 262 g/mol. The first kappa shape index (κ1) is 12.4. The third-order valence-electron chi connectivity index (χ3n) is 3.29. The maximum Gasteiger partial charge on any atom is 0.211 e. The molecule has 0 radical (unpaired) electrons. The van der Waals surface area contributed by atoms with Crippen molar-refractivity contribution in [3.63, 3.8) is 0 Å². The number of carbonyl (C=O) groups excluding carboxylic acids is 1. The van der Waals surface area contributed by atoms with Crippen molar-refractivity contribution in [2.75, 3.05) is 0 Å². The van der Waals surface area contributed by atoms with E-state index in [1.807, 2.05) is 72.3 Å². The number of ketones is 1. The van der Waals surface area contributed by atoms with E-state index in [0.29, 0.717) is 11.3 Å². The second kappa shape index (κ2) is 5.13. The van der Waals surface area contributed by atoms with E-state index in [1.165, 1.54) is 0 Å². The summed E-state index contributed by atoms with van der Waals surface area (Å²) in [7, 11) is 1.87. The Kier molecular flexibility index (Phi) is 3.17. The summed E-state index contributed by atoms with van der Waals surface area (Å²) in [4.78, 5) is 16.8. The SMILES string of the molecule is Cn1c(C(=O)c2ccccc2)cnc1-c1ccccc1. The van der Waals surface area contributed by atoms with Crippen LogP contribution in [-0.2, 0) is 7.05 Å². The van der Waals surface area contributed by atoms with Crippen LogP contribution in [-0.4, -0.2) is 15.3 Å². The molecule has 0 unspecified atom stereocenters. The predicted molar refractivity (Wildman–Crippen MR) is 78.5 cm³/mol. The lowest BCUT2D eigenvalue weighted by Crippen LogP contribution is -2.07. The summed E-state index contributed by atoms with van der Waals surface area (Å²) < 4.78 is 1.84. The van der Waals surface area contributed by atoms with Crippen LogP contribution in [0.2, 0.25) is 0 Å². The van der Waals surface area contributed by atoms with E-state index in [4.69, 9.17) is 0 Å². The quantitative estimate of drug-likeness (QED) is 0.679. The summed E-state index contributed by atoms with van der Waals surface area (Å²) in [5, 5.41) is 0. The fraction of sp³-hybridized carbons (Fsp3) is 0.0588. The second-order valence-corrected chi connectivity index (χ2v) is 4.59. The van der Waals surface area contributed by atoms with E-state index in [2.05, 4.69) is 4.98 Å². The molecule has 98 valence electrons. The molecule has 1 heterocycles. The molecule has 0 bridgehead atoms. The van der Waals surface area contributed by atoms with Crippen LogP contribution in [0.5, 0.6) is 0 Å². The van der Waals surface area contributed by atoms with Crippen LogP contribution >= 0.6 is 0 Å². The highest BCUT2D eigenvalue weighted by Crippen LogP contribution is 2.19. The lowest BCUT2D eigenvalue weighted by molar-refractivity contribution is 0.103. The Labute approximate surface area is 117 Å². The molecule has 0 amide bonds. The van der Waals surface area contributed by atoms with Crippen molar-refractivity contribution < 1.29 is 4.79 Å². The number of carbonyl (C=O) groups is 1. The van der Waals surface area contributed by atoms with Crippen LogP contribution in [0, 0.1) is 0 Å². The zero-order valence-corrected chi connectivity index (χ0v) is 11.2. The molecule has 3 rings (SSSR count). The highest BCUT2D eigenvalue weighted by molar-refractivity contribution is 6.08. The van der Waals surface area contributed by atoms with Gasteiger partial charge in [-0.2, -0.15) is 0 Å². The molecular formula is C17H14N2O. The number of hydrogen-bond acceptors (Lipinski definition) is 2. The molecule has 0 aliphatic rings. The zero-order chi connectivity index (χ0) is 13.9. The minimum Gasteiger partial charge on any atom is -0.324 e. The molecule has 0 saturated carbocycles. The van der Waals surface area contributed by atoms with Crippen molar-refractivity contribution in [3.05, 3.63) is 78.1 Å². The Balaban J connectivity index is 2.01. The smallest absolute Gasteiger partial charge is 0.211 e. The second-order valence-electron chi connectivity index (χ2n) is 4.59. The molecule has 3 aromatic rings. The first-order valence-corrected chi connectivity index (χ1v) is 6.44. The van der Waals surface area contributed by atoms with Crippen LogP contribution in [0.15, 0.2) is 66.9 Å². The Morgan fingerprint density at radius 2 is 1.55 bits per heavy atom. The van der Waals surface area contributed by atoms with Gasteiger partial charge in [0.2, 0.25) is 5.78 Å². The van der Waals surface area contributed by atoms with Gasteiger partial charge in [0.15, 0.2) is 0 Å². The third-order valence-corrected chi connectivity index (χ3v) is 3.29. The summed E-state index contributed by atoms with van der Waals surface area (Å²) in [6.45, 7) is 0. The largest absolute Gasteiger partial charge is 0.324 e. The van der Waals surface area contributed by atoms with Gasteiger partial charge >= 0.3 is 0 Å². The van der Waals surface area contributed by atoms with Crippen molar-refractivity contribution >= 4 is 5.78 Å². The Hall–Kier alpha value is -2.68. The van der Waals surface area contributed by atoms with E-state index in [-0.39, 0.29) is 5.78 Å². The van der Waals surface area contributed by atoms with Crippen molar-refractivity contribution in [3.8, 4) is 11.4 Å². The molecule has 0 aliphatic heterocycles. The van der Waals surface area contributed by atoms with Gasteiger partial charge in [-0.05, 0) is 0 Å². The van der Waals surface area contributed by atoms with E-state index in [1.54, 1.807) is 6.20 Å². The van der Waals surface area contributed by atoms with Crippen LogP contribution in [0.25, 0.3) is 11.4 Å². The van der Waals surface area contributed by atoms with E-state index in [9.17, 15) is 4.79 Å². The number of imidazole rings is 1. The summed E-state index contributed by atoms with van der Waals surface area (Å²) in [5.74, 6) is 0.785. The van der Waals surface area contributed by atoms with Crippen LogP contribution in [0.4, 0.5) is 0 Å². The van der Waals surface area contributed by atoms with Crippen LogP contribution in [0.3, 0.4) is 0 Å². The topological polar surface area (TPSA) is 34.9 Å². The minimum atomic E-state index is -0.0113.